The number of rotatable bonds is 6. The zero-order chi connectivity index (χ0) is 22.7. The zero-order valence-corrected chi connectivity index (χ0v) is 20.5. The number of aromatic nitrogens is 1. The van der Waals surface area contributed by atoms with E-state index in [1.165, 1.54) is 0 Å². The van der Waals surface area contributed by atoms with Crippen molar-refractivity contribution >= 4 is 17.7 Å². The van der Waals surface area contributed by atoms with Gasteiger partial charge in [0.05, 0.1) is 12.2 Å². The highest BCUT2D eigenvalue weighted by Gasteiger charge is 2.26. The van der Waals surface area contributed by atoms with Crippen LogP contribution in [0, 0.1) is 6.92 Å². The van der Waals surface area contributed by atoms with Crippen molar-refractivity contribution in [2.75, 3.05) is 12.8 Å². The van der Waals surface area contributed by atoms with Crippen molar-refractivity contribution in [1.29, 1.82) is 0 Å². The SMILES string of the molecule is Cc1cccc(CN(C)C(=O)CCSc2cc(C(C)(C)C)c(O)c(C(C)(C)C)c2)n1. The van der Waals surface area contributed by atoms with E-state index in [4.69, 9.17) is 0 Å². The molecule has 0 radical (unpaired) electrons. The van der Waals surface area contributed by atoms with Crippen molar-refractivity contribution in [3.05, 3.63) is 52.8 Å². The lowest BCUT2D eigenvalue weighted by molar-refractivity contribution is -0.130. The Morgan fingerprint density at radius 3 is 2.13 bits per heavy atom. The monoisotopic (exact) mass is 428 g/mol. The summed E-state index contributed by atoms with van der Waals surface area (Å²) >= 11 is 1.67. The molecule has 2 aromatic rings. The molecule has 1 aromatic heterocycles. The highest BCUT2D eigenvalue weighted by atomic mass is 32.2. The first-order valence-electron chi connectivity index (χ1n) is 10.5. The number of aryl methyl sites for hydroxylation is 1. The summed E-state index contributed by atoms with van der Waals surface area (Å²) in [4.78, 5) is 19.9. The van der Waals surface area contributed by atoms with Crippen molar-refractivity contribution in [1.82, 2.24) is 9.88 Å². The summed E-state index contributed by atoms with van der Waals surface area (Å²) in [6.45, 7) is 15.1. The Kier molecular flexibility index (Phi) is 7.62. The summed E-state index contributed by atoms with van der Waals surface area (Å²) in [7, 11) is 1.83. The van der Waals surface area contributed by atoms with Crippen molar-refractivity contribution in [3.63, 3.8) is 0 Å². The molecule has 0 fully saturated rings. The van der Waals surface area contributed by atoms with Gasteiger partial charge in [-0.15, -0.1) is 11.8 Å². The second kappa shape index (κ2) is 9.42. The van der Waals surface area contributed by atoms with Crippen LogP contribution in [0.5, 0.6) is 5.75 Å². The molecule has 0 bridgehead atoms. The van der Waals surface area contributed by atoms with Gasteiger partial charge in [0.15, 0.2) is 0 Å². The number of benzene rings is 1. The lowest BCUT2D eigenvalue weighted by Crippen LogP contribution is -2.26. The van der Waals surface area contributed by atoms with Crippen LogP contribution in [0.1, 0.15) is 70.5 Å². The van der Waals surface area contributed by atoms with Crippen LogP contribution >= 0.6 is 11.8 Å². The number of hydrogen-bond acceptors (Lipinski definition) is 4. The van der Waals surface area contributed by atoms with Crippen LogP contribution in [0.15, 0.2) is 35.2 Å². The molecule has 4 nitrogen and oxygen atoms in total. The summed E-state index contributed by atoms with van der Waals surface area (Å²) < 4.78 is 0. The lowest BCUT2D eigenvalue weighted by Gasteiger charge is -2.28. The summed E-state index contributed by atoms with van der Waals surface area (Å²) in [6, 6.07) is 10.0. The predicted octanol–water partition coefficient (Wildman–Crippen LogP) is 5.83. The van der Waals surface area contributed by atoms with E-state index in [0.29, 0.717) is 24.5 Å². The average Bonchev–Trinajstić information content (AvgIpc) is 2.60. The molecule has 5 heteroatoms. The Bertz CT molecular complexity index is 860. The Labute approximate surface area is 186 Å². The van der Waals surface area contributed by atoms with E-state index < -0.39 is 0 Å². The summed E-state index contributed by atoms with van der Waals surface area (Å²) in [5.74, 6) is 1.19. The van der Waals surface area contributed by atoms with E-state index in [-0.39, 0.29) is 16.7 Å². The molecule has 0 saturated carbocycles. The van der Waals surface area contributed by atoms with Gasteiger partial charge in [0.25, 0.3) is 0 Å². The highest BCUT2D eigenvalue weighted by Crippen LogP contribution is 2.41. The minimum atomic E-state index is -0.155. The van der Waals surface area contributed by atoms with Gasteiger partial charge in [0.1, 0.15) is 5.75 Å². The average molecular weight is 429 g/mol. The van der Waals surface area contributed by atoms with Gasteiger partial charge in [-0.25, -0.2) is 0 Å². The topological polar surface area (TPSA) is 53.4 Å². The predicted molar refractivity (Wildman–Crippen MR) is 126 cm³/mol. The van der Waals surface area contributed by atoms with Crippen LogP contribution in [0.4, 0.5) is 0 Å². The van der Waals surface area contributed by atoms with Crippen LogP contribution in [-0.2, 0) is 22.2 Å². The van der Waals surface area contributed by atoms with Crippen LogP contribution < -0.4 is 0 Å². The first-order valence-corrected chi connectivity index (χ1v) is 11.4. The number of phenolic OH excluding ortho intramolecular Hbond substituents is 1. The minimum absolute atomic E-state index is 0.108. The maximum Gasteiger partial charge on any atom is 0.223 e. The number of phenols is 1. The van der Waals surface area contributed by atoms with Crippen molar-refractivity contribution in [3.8, 4) is 5.75 Å². The molecule has 0 aliphatic rings. The number of carbonyl (C=O) groups excluding carboxylic acids is 1. The summed E-state index contributed by atoms with van der Waals surface area (Å²) in [5.41, 5.74) is 3.45. The van der Waals surface area contributed by atoms with Crippen LogP contribution in [0.2, 0.25) is 0 Å². The van der Waals surface area contributed by atoms with Crippen molar-refractivity contribution < 1.29 is 9.90 Å². The van der Waals surface area contributed by atoms with Gasteiger partial charge in [0, 0.05) is 40.9 Å². The Morgan fingerprint density at radius 2 is 1.63 bits per heavy atom. The molecular weight excluding hydrogens is 392 g/mol. The molecular formula is C25H36N2O2S. The maximum absolute atomic E-state index is 12.6. The molecule has 0 atom stereocenters. The normalized spacial score (nSPS) is 12.1. The van der Waals surface area contributed by atoms with E-state index in [1.807, 2.05) is 32.2 Å². The smallest absolute Gasteiger partial charge is 0.223 e. The largest absolute Gasteiger partial charge is 0.507 e. The molecule has 0 saturated heterocycles. The Morgan fingerprint density at radius 1 is 1.07 bits per heavy atom. The number of amides is 1. The number of nitrogens with zero attached hydrogens (tertiary/aromatic N) is 2. The number of thioether (sulfide) groups is 1. The molecule has 1 aromatic carbocycles. The van der Waals surface area contributed by atoms with Crippen molar-refractivity contribution in [2.24, 2.45) is 0 Å². The van der Waals surface area contributed by atoms with E-state index >= 15 is 0 Å². The van der Waals surface area contributed by atoms with Gasteiger partial charge in [-0.2, -0.15) is 0 Å². The van der Waals surface area contributed by atoms with Crippen molar-refractivity contribution in [2.45, 2.75) is 77.2 Å². The first-order chi connectivity index (χ1) is 13.8. The van der Waals surface area contributed by atoms with Gasteiger partial charge in [-0.1, -0.05) is 47.6 Å². The van der Waals surface area contributed by atoms with Gasteiger partial charge < -0.3 is 10.0 Å². The highest BCUT2D eigenvalue weighted by molar-refractivity contribution is 7.99. The third-order valence-electron chi connectivity index (χ3n) is 5.06. The number of aromatic hydroxyl groups is 1. The van der Waals surface area contributed by atoms with E-state index in [9.17, 15) is 9.90 Å². The molecule has 1 amide bonds. The first kappa shape index (κ1) is 24.3. The second-order valence-corrected chi connectivity index (χ2v) is 11.2. The third-order valence-corrected chi connectivity index (χ3v) is 6.03. The van der Waals surface area contributed by atoms with Crippen LogP contribution in [0.3, 0.4) is 0 Å². The maximum atomic E-state index is 12.6. The lowest BCUT2D eigenvalue weighted by atomic mass is 9.79. The van der Waals surface area contributed by atoms with E-state index in [0.717, 1.165) is 27.4 Å². The van der Waals surface area contributed by atoms with Crippen LogP contribution in [0.25, 0.3) is 0 Å². The minimum Gasteiger partial charge on any atom is -0.507 e. The molecule has 30 heavy (non-hydrogen) atoms. The summed E-state index contributed by atoms with van der Waals surface area (Å²) in [5, 5.41) is 10.9. The summed E-state index contributed by atoms with van der Waals surface area (Å²) in [6.07, 6.45) is 0.462. The molecule has 0 spiro atoms. The molecule has 0 aliphatic carbocycles. The third kappa shape index (κ3) is 6.49. The van der Waals surface area contributed by atoms with Crippen LogP contribution in [-0.4, -0.2) is 33.7 Å². The van der Waals surface area contributed by atoms with Gasteiger partial charge in [-0.3, -0.25) is 9.78 Å². The fourth-order valence-electron chi connectivity index (χ4n) is 3.30. The number of pyridine rings is 1. The quantitative estimate of drug-likeness (QED) is 0.588. The molecule has 164 valence electrons. The number of carbonyl (C=O) groups is 1. The molecule has 1 N–H and O–H groups in total. The van der Waals surface area contributed by atoms with Gasteiger partial charge in [0.2, 0.25) is 5.91 Å². The number of hydrogen-bond donors (Lipinski definition) is 1. The molecule has 2 rings (SSSR count). The van der Waals surface area contributed by atoms with E-state index in [2.05, 4.69) is 58.7 Å². The second-order valence-electron chi connectivity index (χ2n) is 9.99. The molecule has 0 aliphatic heterocycles. The zero-order valence-electron chi connectivity index (χ0n) is 19.7. The Balaban J connectivity index is 2.07. The molecule has 0 unspecified atom stereocenters. The Hall–Kier alpha value is -2.01. The van der Waals surface area contributed by atoms with Gasteiger partial charge in [-0.05, 0) is 42.0 Å². The fraction of sp³-hybridized carbons (Fsp3) is 0.520. The molecule has 1 heterocycles. The standard InChI is InChI=1S/C25H36N2O2S/c1-17-10-9-11-18(26-17)16-27(8)22(28)12-13-30-19-14-20(24(2,3)4)23(29)21(15-19)25(5,6)7/h9-11,14-15,29H,12-13,16H2,1-8H3. The van der Waals surface area contributed by atoms with Gasteiger partial charge >= 0.3 is 0 Å². The fourth-order valence-corrected chi connectivity index (χ4v) is 4.22. The van der Waals surface area contributed by atoms with E-state index in [1.54, 1.807) is 16.7 Å².